The van der Waals surface area contributed by atoms with Crippen molar-refractivity contribution in [3.8, 4) is 11.7 Å². The fraction of sp³-hybridized carbons (Fsp3) is 0.182. The van der Waals surface area contributed by atoms with E-state index in [1.165, 1.54) is 24.4 Å². The van der Waals surface area contributed by atoms with Gasteiger partial charge in [-0.05, 0) is 30.7 Å². The number of hydrogen-bond acceptors (Lipinski definition) is 9. The Balaban J connectivity index is 1.59. The van der Waals surface area contributed by atoms with Crippen LogP contribution in [0.4, 0.5) is 36.3 Å². The summed E-state index contributed by atoms with van der Waals surface area (Å²) in [5.41, 5.74) is 0.235. The van der Waals surface area contributed by atoms with Crippen LogP contribution in [0.25, 0.3) is 5.82 Å². The van der Waals surface area contributed by atoms with Crippen LogP contribution >= 0.6 is 0 Å². The first kappa shape index (κ1) is 24.4. The zero-order valence-corrected chi connectivity index (χ0v) is 19.3. The first-order valence-electron chi connectivity index (χ1n) is 10.4. The lowest BCUT2D eigenvalue weighted by Gasteiger charge is -2.14. The van der Waals surface area contributed by atoms with Crippen molar-refractivity contribution in [3.05, 3.63) is 65.9 Å². The number of ether oxygens (including phenoxy) is 1. The summed E-state index contributed by atoms with van der Waals surface area (Å²) in [7, 11) is 2.89. The SMILES string of the molecule is CNc1cc(-n2ncnc2Nc2cc(NC(=O)c3cc(OC)nc(C(F)(F)F)c3)ccc2C)ncn1. The number of benzene rings is 1. The Kier molecular flexibility index (Phi) is 6.67. The van der Waals surface area contributed by atoms with Gasteiger partial charge in [0, 0.05) is 36.1 Å². The molecule has 4 rings (SSSR count). The van der Waals surface area contributed by atoms with Crippen LogP contribution in [-0.2, 0) is 6.18 Å². The summed E-state index contributed by atoms with van der Waals surface area (Å²) in [6, 6.07) is 8.44. The zero-order chi connectivity index (χ0) is 25.9. The molecule has 0 atom stereocenters. The van der Waals surface area contributed by atoms with Crippen molar-refractivity contribution >= 4 is 29.0 Å². The van der Waals surface area contributed by atoms with Crippen LogP contribution in [0.3, 0.4) is 0 Å². The lowest BCUT2D eigenvalue weighted by molar-refractivity contribution is -0.141. The number of nitrogens with zero attached hydrogens (tertiary/aromatic N) is 6. The second-order valence-corrected chi connectivity index (χ2v) is 7.40. The number of nitrogens with one attached hydrogen (secondary N) is 3. The van der Waals surface area contributed by atoms with E-state index < -0.39 is 17.8 Å². The van der Waals surface area contributed by atoms with Gasteiger partial charge in [-0.1, -0.05) is 6.07 Å². The number of carbonyl (C=O) groups excluding carboxylic acids is 1. The fourth-order valence-electron chi connectivity index (χ4n) is 3.14. The molecule has 0 unspecified atom stereocenters. The Labute approximate surface area is 202 Å². The minimum Gasteiger partial charge on any atom is -0.481 e. The first-order chi connectivity index (χ1) is 17.2. The van der Waals surface area contributed by atoms with Crippen LogP contribution in [0, 0.1) is 6.92 Å². The lowest BCUT2D eigenvalue weighted by atomic mass is 10.1. The average molecular weight is 499 g/mol. The quantitative estimate of drug-likeness (QED) is 0.347. The van der Waals surface area contributed by atoms with Crippen LogP contribution in [0.1, 0.15) is 21.6 Å². The smallest absolute Gasteiger partial charge is 0.433 e. The molecule has 186 valence electrons. The second-order valence-electron chi connectivity index (χ2n) is 7.40. The Morgan fingerprint density at radius 3 is 2.58 bits per heavy atom. The predicted octanol–water partition coefficient (Wildman–Crippen LogP) is 3.83. The van der Waals surface area contributed by atoms with Crippen LogP contribution < -0.4 is 20.7 Å². The number of halogens is 3. The van der Waals surface area contributed by atoms with Crippen LogP contribution in [-0.4, -0.2) is 49.8 Å². The highest BCUT2D eigenvalue weighted by Gasteiger charge is 2.34. The summed E-state index contributed by atoms with van der Waals surface area (Å²) < 4.78 is 45.8. The van der Waals surface area contributed by atoms with Gasteiger partial charge in [0.25, 0.3) is 5.91 Å². The summed E-state index contributed by atoms with van der Waals surface area (Å²) in [5.74, 6) is 0.301. The maximum absolute atomic E-state index is 13.2. The number of hydrogen-bond donors (Lipinski definition) is 3. The standard InChI is InChI=1S/C22H20F3N9O2/c1-12-4-5-14(31-20(35)13-6-16(22(23,24)25)33-19(7-13)36-3)8-15(12)32-21-29-11-30-34(21)18-9-17(26-2)27-10-28-18/h4-11H,1-3H3,(H,31,35)(H,26,27,28)(H,29,30,32). The molecule has 1 amide bonds. The monoisotopic (exact) mass is 499 g/mol. The topological polar surface area (TPSA) is 132 Å². The maximum atomic E-state index is 13.2. The van der Waals surface area contributed by atoms with Crippen LogP contribution in [0.15, 0.2) is 49.1 Å². The molecule has 4 aromatic rings. The fourth-order valence-corrected chi connectivity index (χ4v) is 3.14. The number of aromatic nitrogens is 6. The number of alkyl halides is 3. The summed E-state index contributed by atoms with van der Waals surface area (Å²) in [6.07, 6.45) is -2.01. The second kappa shape index (κ2) is 9.85. The van der Waals surface area contributed by atoms with Gasteiger partial charge < -0.3 is 20.7 Å². The van der Waals surface area contributed by atoms with Gasteiger partial charge in [-0.2, -0.15) is 27.9 Å². The van der Waals surface area contributed by atoms with Crippen molar-refractivity contribution in [2.75, 3.05) is 30.1 Å². The molecule has 0 spiro atoms. The molecule has 0 aliphatic rings. The molecular formula is C22H20F3N9O2. The highest BCUT2D eigenvalue weighted by atomic mass is 19.4. The van der Waals surface area contributed by atoms with Gasteiger partial charge in [-0.25, -0.2) is 15.0 Å². The molecule has 0 bridgehead atoms. The van der Waals surface area contributed by atoms with E-state index in [0.29, 0.717) is 35.0 Å². The van der Waals surface area contributed by atoms with E-state index in [1.54, 1.807) is 31.3 Å². The maximum Gasteiger partial charge on any atom is 0.433 e. The molecule has 14 heteroatoms. The van der Waals surface area contributed by atoms with Crippen molar-refractivity contribution in [1.82, 2.24) is 29.7 Å². The van der Waals surface area contributed by atoms with Gasteiger partial charge in [0.2, 0.25) is 11.8 Å². The highest BCUT2D eigenvalue weighted by molar-refractivity contribution is 6.04. The van der Waals surface area contributed by atoms with E-state index in [-0.39, 0.29) is 11.4 Å². The molecule has 0 aliphatic heterocycles. The summed E-state index contributed by atoms with van der Waals surface area (Å²) in [4.78, 5) is 28.6. The molecular weight excluding hydrogens is 479 g/mol. The molecule has 36 heavy (non-hydrogen) atoms. The molecule has 11 nitrogen and oxygen atoms in total. The van der Waals surface area contributed by atoms with Gasteiger partial charge >= 0.3 is 6.18 Å². The first-order valence-corrected chi connectivity index (χ1v) is 10.4. The molecule has 3 aromatic heterocycles. The van der Waals surface area contributed by atoms with E-state index in [1.807, 2.05) is 6.92 Å². The molecule has 0 saturated heterocycles. The van der Waals surface area contributed by atoms with Crippen molar-refractivity contribution < 1.29 is 22.7 Å². The Morgan fingerprint density at radius 2 is 1.86 bits per heavy atom. The van der Waals surface area contributed by atoms with Gasteiger partial charge in [0.15, 0.2) is 5.82 Å². The molecule has 0 radical (unpaired) electrons. The summed E-state index contributed by atoms with van der Waals surface area (Å²) >= 11 is 0. The highest BCUT2D eigenvalue weighted by Crippen LogP contribution is 2.30. The molecule has 0 saturated carbocycles. The van der Waals surface area contributed by atoms with E-state index >= 15 is 0 Å². The Hall–Kier alpha value is -4.75. The lowest BCUT2D eigenvalue weighted by Crippen LogP contribution is -2.16. The van der Waals surface area contributed by atoms with Crippen LogP contribution in [0.5, 0.6) is 5.88 Å². The number of rotatable bonds is 7. The van der Waals surface area contributed by atoms with E-state index in [4.69, 9.17) is 4.74 Å². The van der Waals surface area contributed by atoms with Gasteiger partial charge in [-0.3, -0.25) is 4.79 Å². The molecule has 3 heterocycles. The Bertz CT molecular complexity index is 1410. The Morgan fingerprint density at radius 1 is 1.06 bits per heavy atom. The normalized spacial score (nSPS) is 11.2. The number of aryl methyl sites for hydroxylation is 1. The third kappa shape index (κ3) is 5.32. The van der Waals surface area contributed by atoms with Crippen molar-refractivity contribution in [1.29, 1.82) is 0 Å². The molecule has 3 N–H and O–H groups in total. The number of pyridine rings is 1. The van der Waals surface area contributed by atoms with Crippen LogP contribution in [0.2, 0.25) is 0 Å². The molecule has 0 aliphatic carbocycles. The molecule has 0 fully saturated rings. The third-order valence-electron chi connectivity index (χ3n) is 4.98. The molecule has 1 aromatic carbocycles. The zero-order valence-electron chi connectivity index (χ0n) is 19.3. The summed E-state index contributed by atoms with van der Waals surface area (Å²) in [5, 5.41) is 12.8. The number of carbonyl (C=O) groups is 1. The third-order valence-corrected chi connectivity index (χ3v) is 4.98. The predicted molar refractivity (Wildman–Crippen MR) is 125 cm³/mol. The van der Waals surface area contributed by atoms with Crippen molar-refractivity contribution in [3.63, 3.8) is 0 Å². The van der Waals surface area contributed by atoms with E-state index in [9.17, 15) is 18.0 Å². The average Bonchev–Trinajstić information content (AvgIpc) is 3.33. The van der Waals surface area contributed by atoms with Gasteiger partial charge in [-0.15, -0.1) is 0 Å². The minimum atomic E-state index is -4.74. The van der Waals surface area contributed by atoms with E-state index in [0.717, 1.165) is 11.6 Å². The van der Waals surface area contributed by atoms with Crippen molar-refractivity contribution in [2.24, 2.45) is 0 Å². The van der Waals surface area contributed by atoms with Gasteiger partial charge in [0.1, 0.15) is 24.2 Å². The summed E-state index contributed by atoms with van der Waals surface area (Å²) in [6.45, 7) is 1.84. The number of anilines is 4. The van der Waals surface area contributed by atoms with Gasteiger partial charge in [0.05, 0.1) is 7.11 Å². The minimum absolute atomic E-state index is 0.256. The van der Waals surface area contributed by atoms with Crippen molar-refractivity contribution in [2.45, 2.75) is 13.1 Å². The number of amides is 1. The largest absolute Gasteiger partial charge is 0.481 e. The number of methoxy groups -OCH3 is 1. The van der Waals surface area contributed by atoms with E-state index in [2.05, 4.69) is 41.0 Å².